The van der Waals surface area contributed by atoms with E-state index >= 15 is 0 Å². The first-order chi connectivity index (χ1) is 13.3. The van der Waals surface area contributed by atoms with Gasteiger partial charge in [-0.05, 0) is 71.5 Å². The molecule has 2 nitrogen and oxygen atoms in total. The lowest BCUT2D eigenvalue weighted by atomic mass is 9.92. The Balaban J connectivity index is 1.90. The standard InChI is InChI=1S/C24H22O2S2/c1-15-13-24(20-7-11-22(12-8-20)28-18(4)26)16(2)14-23(15)19-5-9-21(10-6-19)27-17(3)25/h5-14H,1-4H3. The Morgan fingerprint density at radius 1 is 0.607 bits per heavy atom. The van der Waals surface area contributed by atoms with E-state index in [1.807, 2.05) is 24.3 Å². The third-order valence-electron chi connectivity index (χ3n) is 4.43. The van der Waals surface area contributed by atoms with Crippen molar-refractivity contribution in [1.82, 2.24) is 0 Å². The second-order valence-electron chi connectivity index (χ2n) is 6.72. The predicted octanol–water partition coefficient (Wildman–Crippen LogP) is 6.91. The molecule has 0 saturated carbocycles. The number of hydrogen-bond donors (Lipinski definition) is 0. The van der Waals surface area contributed by atoms with E-state index in [2.05, 4.69) is 50.2 Å². The summed E-state index contributed by atoms with van der Waals surface area (Å²) in [4.78, 5) is 24.4. The van der Waals surface area contributed by atoms with E-state index in [9.17, 15) is 9.59 Å². The lowest BCUT2D eigenvalue weighted by molar-refractivity contribution is -0.109. The maximum Gasteiger partial charge on any atom is 0.190 e. The summed E-state index contributed by atoms with van der Waals surface area (Å²) in [5.74, 6) is 0. The zero-order valence-electron chi connectivity index (χ0n) is 16.4. The summed E-state index contributed by atoms with van der Waals surface area (Å²) in [5, 5.41) is 0.189. The first-order valence-corrected chi connectivity index (χ1v) is 10.7. The summed E-state index contributed by atoms with van der Waals surface area (Å²) in [5.41, 5.74) is 7.10. The van der Waals surface area contributed by atoms with Crippen LogP contribution in [0.4, 0.5) is 0 Å². The third-order valence-corrected chi connectivity index (χ3v) is 6.02. The van der Waals surface area contributed by atoms with E-state index in [-0.39, 0.29) is 10.2 Å². The molecule has 0 aromatic heterocycles. The van der Waals surface area contributed by atoms with Gasteiger partial charge in [-0.2, -0.15) is 0 Å². The molecule has 0 fully saturated rings. The molecule has 0 aliphatic heterocycles. The largest absolute Gasteiger partial charge is 0.287 e. The Bertz CT molecular complexity index is 934. The quantitative estimate of drug-likeness (QED) is 0.441. The van der Waals surface area contributed by atoms with Gasteiger partial charge in [-0.25, -0.2) is 0 Å². The lowest BCUT2D eigenvalue weighted by Gasteiger charge is -2.13. The molecule has 0 radical (unpaired) electrons. The van der Waals surface area contributed by atoms with Crippen LogP contribution in [0.25, 0.3) is 22.3 Å². The van der Waals surface area contributed by atoms with Crippen LogP contribution in [0.3, 0.4) is 0 Å². The molecule has 28 heavy (non-hydrogen) atoms. The van der Waals surface area contributed by atoms with Crippen LogP contribution in [0.2, 0.25) is 0 Å². The van der Waals surface area contributed by atoms with Crippen molar-refractivity contribution in [2.45, 2.75) is 37.5 Å². The molecule has 0 amide bonds. The highest BCUT2D eigenvalue weighted by Gasteiger charge is 2.10. The fourth-order valence-corrected chi connectivity index (χ4v) is 4.38. The highest BCUT2D eigenvalue weighted by molar-refractivity contribution is 8.13. The molecule has 4 heteroatoms. The van der Waals surface area contributed by atoms with Gasteiger partial charge in [-0.3, -0.25) is 9.59 Å². The van der Waals surface area contributed by atoms with Crippen LogP contribution < -0.4 is 0 Å². The zero-order valence-corrected chi connectivity index (χ0v) is 18.0. The summed E-state index contributed by atoms with van der Waals surface area (Å²) < 4.78 is 0. The summed E-state index contributed by atoms with van der Waals surface area (Å²) in [6.45, 7) is 7.40. The van der Waals surface area contributed by atoms with Crippen LogP contribution in [-0.4, -0.2) is 10.2 Å². The Hall–Kier alpha value is -2.30. The van der Waals surface area contributed by atoms with E-state index in [1.165, 1.54) is 45.8 Å². The average molecular weight is 407 g/mol. The minimum atomic E-state index is 0.0943. The van der Waals surface area contributed by atoms with Gasteiger partial charge >= 0.3 is 0 Å². The Morgan fingerprint density at radius 2 is 0.929 bits per heavy atom. The van der Waals surface area contributed by atoms with Crippen molar-refractivity contribution in [1.29, 1.82) is 0 Å². The van der Waals surface area contributed by atoms with Crippen molar-refractivity contribution >= 4 is 33.8 Å². The monoisotopic (exact) mass is 406 g/mol. The van der Waals surface area contributed by atoms with Crippen LogP contribution in [0, 0.1) is 13.8 Å². The molecule has 0 unspecified atom stereocenters. The van der Waals surface area contributed by atoms with Crippen molar-refractivity contribution in [3.63, 3.8) is 0 Å². The van der Waals surface area contributed by atoms with Crippen LogP contribution >= 0.6 is 23.5 Å². The minimum absolute atomic E-state index is 0.0943. The molecule has 0 aliphatic rings. The normalized spacial score (nSPS) is 10.7. The summed E-state index contributed by atoms with van der Waals surface area (Å²) in [6, 6.07) is 20.7. The number of benzene rings is 3. The van der Waals surface area contributed by atoms with Gasteiger partial charge in [0, 0.05) is 23.6 Å². The summed E-state index contributed by atoms with van der Waals surface area (Å²) >= 11 is 2.50. The first kappa shape index (κ1) is 20.4. The summed E-state index contributed by atoms with van der Waals surface area (Å²) in [7, 11) is 0. The fraction of sp³-hybridized carbons (Fsp3) is 0.167. The highest BCUT2D eigenvalue weighted by atomic mass is 32.2. The van der Waals surface area contributed by atoms with Gasteiger partial charge in [0.2, 0.25) is 0 Å². The molecule has 0 N–H and O–H groups in total. The maximum atomic E-state index is 11.3. The number of aryl methyl sites for hydroxylation is 2. The second kappa shape index (κ2) is 8.80. The SMILES string of the molecule is CC(=O)Sc1ccc(-c2cc(C)c(-c3ccc(SC(C)=O)cc3)cc2C)cc1. The molecule has 3 aromatic carbocycles. The Kier molecular flexibility index (Phi) is 6.42. The fourth-order valence-electron chi connectivity index (χ4n) is 3.18. The van der Waals surface area contributed by atoms with Crippen LogP contribution in [0.5, 0.6) is 0 Å². The van der Waals surface area contributed by atoms with Gasteiger partial charge in [0.15, 0.2) is 10.2 Å². The lowest BCUT2D eigenvalue weighted by Crippen LogP contribution is -1.91. The molecule has 0 aliphatic carbocycles. The number of thioether (sulfide) groups is 2. The van der Waals surface area contributed by atoms with Gasteiger partial charge in [-0.15, -0.1) is 0 Å². The van der Waals surface area contributed by atoms with Crippen LogP contribution in [0.15, 0.2) is 70.5 Å². The molecular weight excluding hydrogens is 384 g/mol. The number of carbonyl (C=O) groups excluding carboxylic acids is 2. The van der Waals surface area contributed by atoms with E-state index < -0.39 is 0 Å². The Labute approximate surface area is 174 Å². The molecule has 0 bridgehead atoms. The van der Waals surface area contributed by atoms with Gasteiger partial charge in [0.25, 0.3) is 0 Å². The van der Waals surface area contributed by atoms with Crippen molar-refractivity contribution < 1.29 is 9.59 Å². The summed E-state index contributed by atoms with van der Waals surface area (Å²) in [6.07, 6.45) is 0. The first-order valence-electron chi connectivity index (χ1n) is 9.02. The maximum absolute atomic E-state index is 11.3. The van der Waals surface area contributed by atoms with E-state index in [4.69, 9.17) is 0 Å². The molecule has 3 rings (SSSR count). The number of rotatable bonds is 4. The van der Waals surface area contributed by atoms with Gasteiger partial charge in [-0.1, -0.05) is 59.9 Å². The third kappa shape index (κ3) is 4.94. The predicted molar refractivity (Wildman–Crippen MR) is 120 cm³/mol. The number of carbonyl (C=O) groups is 2. The van der Waals surface area contributed by atoms with Crippen LogP contribution in [-0.2, 0) is 9.59 Å². The minimum Gasteiger partial charge on any atom is -0.287 e. The molecule has 142 valence electrons. The van der Waals surface area contributed by atoms with E-state index in [1.54, 1.807) is 13.8 Å². The number of hydrogen-bond acceptors (Lipinski definition) is 4. The van der Waals surface area contributed by atoms with E-state index in [0.717, 1.165) is 20.9 Å². The van der Waals surface area contributed by atoms with E-state index in [0.29, 0.717) is 0 Å². The van der Waals surface area contributed by atoms with Crippen molar-refractivity contribution in [3.8, 4) is 22.3 Å². The molecule has 0 spiro atoms. The highest BCUT2D eigenvalue weighted by Crippen LogP contribution is 2.33. The average Bonchev–Trinajstić information content (AvgIpc) is 2.64. The van der Waals surface area contributed by atoms with Gasteiger partial charge < -0.3 is 0 Å². The van der Waals surface area contributed by atoms with Gasteiger partial charge in [0.05, 0.1) is 0 Å². The molecule has 0 saturated heterocycles. The van der Waals surface area contributed by atoms with Crippen molar-refractivity contribution in [2.24, 2.45) is 0 Å². The van der Waals surface area contributed by atoms with Crippen molar-refractivity contribution in [2.75, 3.05) is 0 Å². The molecule has 0 heterocycles. The topological polar surface area (TPSA) is 34.1 Å². The zero-order chi connectivity index (χ0) is 20.3. The molecular formula is C24H22O2S2. The Morgan fingerprint density at radius 3 is 1.21 bits per heavy atom. The molecule has 0 atom stereocenters. The van der Waals surface area contributed by atoms with Crippen LogP contribution in [0.1, 0.15) is 25.0 Å². The van der Waals surface area contributed by atoms with Crippen molar-refractivity contribution in [3.05, 3.63) is 71.8 Å². The molecule has 3 aromatic rings. The van der Waals surface area contributed by atoms with Gasteiger partial charge in [0.1, 0.15) is 0 Å². The smallest absolute Gasteiger partial charge is 0.190 e. The second-order valence-corrected chi connectivity index (χ2v) is 9.22.